The number of unbranched alkanes of at least 4 members (excludes halogenated alkanes) is 13. The van der Waals surface area contributed by atoms with Crippen LogP contribution in [0.5, 0.6) is 0 Å². The molecule has 1 aliphatic carbocycles. The average molecular weight is 917 g/mol. The number of aliphatic hydroxyl groups excluding tert-OH is 7. The highest BCUT2D eigenvalue weighted by atomic mass is 31.2. The second-order valence-electron chi connectivity index (χ2n) is 16.3. The van der Waals surface area contributed by atoms with Gasteiger partial charge in [-0.1, -0.05) is 145 Å². The fraction of sp³-hybridized carbons (Fsp3) is 0.745. The minimum absolute atomic E-state index is 0.0399. The Labute approximate surface area is 376 Å². The molecular formula is C47H81O15P. The summed E-state index contributed by atoms with van der Waals surface area (Å²) >= 11 is 0. The summed E-state index contributed by atoms with van der Waals surface area (Å²) in [6.07, 6.45) is 23.3. The molecule has 0 aliphatic heterocycles. The molecule has 0 bridgehead atoms. The van der Waals surface area contributed by atoms with Crippen molar-refractivity contribution < 1.29 is 73.3 Å². The van der Waals surface area contributed by atoms with Gasteiger partial charge in [0, 0.05) is 12.8 Å². The van der Waals surface area contributed by atoms with Gasteiger partial charge < -0.3 is 50.1 Å². The number of allylic oxidation sites excluding steroid dienone is 8. The van der Waals surface area contributed by atoms with Gasteiger partial charge in [0.2, 0.25) is 0 Å². The summed E-state index contributed by atoms with van der Waals surface area (Å²) in [5.74, 6) is -1.34. The fourth-order valence-electron chi connectivity index (χ4n) is 6.67. The fourth-order valence-corrected chi connectivity index (χ4v) is 7.64. The molecule has 0 radical (unpaired) electrons. The van der Waals surface area contributed by atoms with Crippen LogP contribution in [-0.2, 0) is 32.7 Å². The van der Waals surface area contributed by atoms with Crippen LogP contribution in [0.3, 0.4) is 0 Å². The first kappa shape index (κ1) is 58.5. The summed E-state index contributed by atoms with van der Waals surface area (Å²) in [5, 5.41) is 70.3. The molecule has 0 aromatic carbocycles. The second-order valence-corrected chi connectivity index (χ2v) is 17.7. The highest BCUT2D eigenvalue weighted by molar-refractivity contribution is 7.47. The molecule has 1 rings (SSSR count). The first-order valence-corrected chi connectivity index (χ1v) is 24.8. The van der Waals surface area contributed by atoms with Crippen LogP contribution in [0.25, 0.3) is 0 Å². The van der Waals surface area contributed by atoms with Crippen LogP contribution < -0.4 is 0 Å². The zero-order valence-electron chi connectivity index (χ0n) is 37.8. The van der Waals surface area contributed by atoms with Crippen LogP contribution >= 0.6 is 7.82 Å². The van der Waals surface area contributed by atoms with Gasteiger partial charge in [0.15, 0.2) is 6.10 Å². The number of phosphoric ester groups is 1. The molecule has 10 atom stereocenters. The first-order valence-electron chi connectivity index (χ1n) is 23.3. The van der Waals surface area contributed by atoms with Gasteiger partial charge in [0.1, 0.15) is 43.2 Å². The molecule has 0 amide bonds. The van der Waals surface area contributed by atoms with Crippen molar-refractivity contribution in [3.05, 3.63) is 60.8 Å². The van der Waals surface area contributed by atoms with E-state index in [0.717, 1.165) is 77.0 Å². The molecule has 63 heavy (non-hydrogen) atoms. The van der Waals surface area contributed by atoms with Crippen LogP contribution in [0.15, 0.2) is 60.8 Å². The molecule has 0 saturated heterocycles. The molecule has 15 nitrogen and oxygen atoms in total. The minimum atomic E-state index is -5.18. The van der Waals surface area contributed by atoms with E-state index in [9.17, 15) is 54.8 Å². The molecule has 0 heterocycles. The van der Waals surface area contributed by atoms with E-state index in [-0.39, 0.29) is 25.7 Å². The predicted octanol–water partition coefficient (Wildman–Crippen LogP) is 6.89. The molecule has 1 fully saturated rings. The van der Waals surface area contributed by atoms with Crippen LogP contribution in [0.1, 0.15) is 155 Å². The Kier molecular flexibility index (Phi) is 34.0. The third kappa shape index (κ3) is 29.6. The molecule has 0 aromatic rings. The Hall–Kier alpha value is -2.53. The second kappa shape index (κ2) is 36.7. The summed E-state index contributed by atoms with van der Waals surface area (Å²) in [4.78, 5) is 35.7. The minimum Gasteiger partial charge on any atom is -0.462 e. The van der Waals surface area contributed by atoms with Crippen molar-refractivity contribution in [2.24, 2.45) is 0 Å². The summed E-state index contributed by atoms with van der Waals surface area (Å²) in [5.41, 5.74) is 0. The lowest BCUT2D eigenvalue weighted by Gasteiger charge is -2.41. The van der Waals surface area contributed by atoms with E-state index in [1.807, 2.05) is 24.3 Å². The van der Waals surface area contributed by atoms with E-state index in [0.29, 0.717) is 12.8 Å². The molecule has 0 spiro atoms. The smallest absolute Gasteiger partial charge is 0.462 e. The molecule has 1 aliphatic rings. The van der Waals surface area contributed by atoms with E-state index in [4.69, 9.17) is 18.5 Å². The molecule has 8 N–H and O–H groups in total. The maximum Gasteiger partial charge on any atom is 0.472 e. The summed E-state index contributed by atoms with van der Waals surface area (Å²) < 4.78 is 33.3. The van der Waals surface area contributed by atoms with Crippen LogP contribution in [0.4, 0.5) is 0 Å². The van der Waals surface area contributed by atoms with Gasteiger partial charge >= 0.3 is 19.8 Å². The molecule has 16 heteroatoms. The summed E-state index contributed by atoms with van der Waals surface area (Å²) in [6, 6.07) is 0. The number of rotatable bonds is 37. The zero-order chi connectivity index (χ0) is 46.7. The van der Waals surface area contributed by atoms with Gasteiger partial charge in [0.05, 0.1) is 18.8 Å². The molecular weight excluding hydrogens is 835 g/mol. The van der Waals surface area contributed by atoms with Crippen molar-refractivity contribution >= 4 is 19.8 Å². The van der Waals surface area contributed by atoms with Crippen molar-refractivity contribution in [1.82, 2.24) is 0 Å². The summed E-state index contributed by atoms with van der Waals surface area (Å²) in [7, 11) is -5.18. The van der Waals surface area contributed by atoms with Gasteiger partial charge in [0.25, 0.3) is 0 Å². The van der Waals surface area contributed by atoms with E-state index in [1.165, 1.54) is 25.7 Å². The number of carbonyl (C=O) groups is 2. The van der Waals surface area contributed by atoms with Gasteiger partial charge in [-0.2, -0.15) is 0 Å². The average Bonchev–Trinajstić information content (AvgIpc) is 3.25. The number of hydrogen-bond acceptors (Lipinski definition) is 14. The Bertz CT molecular complexity index is 1370. The molecule has 1 saturated carbocycles. The standard InChI is InChI=1S/C47H81O15P/c1-3-5-7-8-9-10-11-12-13-14-15-16-20-23-27-33-41(51)61-39(36-60-63(57,58)62-47-45(55)43(53)42(52)44(54)46(47)56)35-59-40(50)34-28-32-38(49)31-26-22-19-17-18-21-25-30-37(48)29-24-6-4-2/h10-11,18-19,21-22,25-26,30-31,37-39,42-49,52-56H,3-9,12-17,20,23-24,27-29,32-36H2,1-2H3,(H,57,58)/b11-10-,21-18-,22-19-,30-25+,31-26+/t37-,38-,39+,42?,43-,44+,45+,46+,47?/m0/s1. The highest BCUT2D eigenvalue weighted by Gasteiger charge is 2.51. The first-order chi connectivity index (χ1) is 30.2. The lowest BCUT2D eigenvalue weighted by Crippen LogP contribution is -2.64. The number of ether oxygens (including phenoxy) is 2. The Morgan fingerprint density at radius 2 is 1.05 bits per heavy atom. The zero-order valence-corrected chi connectivity index (χ0v) is 38.7. The topological polar surface area (TPSA) is 250 Å². The third-order valence-electron chi connectivity index (χ3n) is 10.5. The number of hydrogen-bond donors (Lipinski definition) is 8. The van der Waals surface area contributed by atoms with E-state index < -0.39 is 87.9 Å². The van der Waals surface area contributed by atoms with Crippen molar-refractivity contribution in [3.8, 4) is 0 Å². The third-order valence-corrected chi connectivity index (χ3v) is 11.5. The highest BCUT2D eigenvalue weighted by Crippen LogP contribution is 2.47. The summed E-state index contributed by atoms with van der Waals surface area (Å²) in [6.45, 7) is 2.98. The van der Waals surface area contributed by atoms with Gasteiger partial charge in [-0.25, -0.2) is 4.57 Å². The van der Waals surface area contributed by atoms with E-state index in [2.05, 4.69) is 26.0 Å². The van der Waals surface area contributed by atoms with Crippen LogP contribution in [0.2, 0.25) is 0 Å². The van der Waals surface area contributed by atoms with Gasteiger partial charge in [-0.3, -0.25) is 18.6 Å². The molecule has 3 unspecified atom stereocenters. The predicted molar refractivity (Wildman–Crippen MR) is 242 cm³/mol. The molecule has 364 valence electrons. The van der Waals surface area contributed by atoms with Gasteiger partial charge in [-0.15, -0.1) is 0 Å². The number of esters is 2. The SMILES string of the molecule is CCCCCC/C=C\CCCCCCCCCC(=O)O[C@H](COC(=O)CCC[C@@H](O)/C=C/C=C\C/C=C\C=C\[C@@H](O)CCCCC)COP(=O)(O)OC1[C@H](O)[C@H](O)C(O)[C@H](O)[C@H]1O. The Morgan fingerprint density at radius 1 is 0.571 bits per heavy atom. The maximum absolute atomic E-state index is 12.8. The van der Waals surface area contributed by atoms with Gasteiger partial charge in [-0.05, 0) is 57.8 Å². The number of aliphatic hydroxyl groups is 7. The quantitative estimate of drug-likeness (QED) is 0.0104. The van der Waals surface area contributed by atoms with Crippen molar-refractivity contribution in [2.45, 2.75) is 210 Å². The normalized spacial score (nSPS) is 23.3. The maximum atomic E-state index is 12.8. The Morgan fingerprint density at radius 3 is 1.62 bits per heavy atom. The monoisotopic (exact) mass is 917 g/mol. The molecule has 0 aromatic heterocycles. The van der Waals surface area contributed by atoms with E-state index >= 15 is 0 Å². The van der Waals surface area contributed by atoms with E-state index in [1.54, 1.807) is 24.3 Å². The van der Waals surface area contributed by atoms with Crippen LogP contribution in [-0.4, -0.2) is 121 Å². The largest absolute Gasteiger partial charge is 0.472 e. The van der Waals surface area contributed by atoms with Crippen LogP contribution in [0, 0.1) is 0 Å². The number of phosphoric acid groups is 1. The van der Waals surface area contributed by atoms with Crippen molar-refractivity contribution in [3.63, 3.8) is 0 Å². The lowest BCUT2D eigenvalue weighted by molar-refractivity contribution is -0.220. The Balaban J connectivity index is 2.57. The number of carbonyl (C=O) groups excluding carboxylic acids is 2. The van der Waals surface area contributed by atoms with Crippen molar-refractivity contribution in [2.75, 3.05) is 13.2 Å². The van der Waals surface area contributed by atoms with Crippen molar-refractivity contribution in [1.29, 1.82) is 0 Å². The lowest BCUT2D eigenvalue weighted by atomic mass is 9.85.